The summed E-state index contributed by atoms with van der Waals surface area (Å²) in [6.07, 6.45) is 1.70. The molecule has 9 heteroatoms. The van der Waals surface area contributed by atoms with E-state index < -0.39 is 15.9 Å². The van der Waals surface area contributed by atoms with Crippen LogP contribution in [0.25, 0.3) is 0 Å². The van der Waals surface area contributed by atoms with Gasteiger partial charge in [-0.25, -0.2) is 13.4 Å². The summed E-state index contributed by atoms with van der Waals surface area (Å²) in [5.41, 5.74) is 3.94. The van der Waals surface area contributed by atoms with E-state index in [1.54, 1.807) is 4.90 Å². The fourth-order valence-corrected chi connectivity index (χ4v) is 4.99. The first-order valence-corrected chi connectivity index (χ1v) is 13.5. The van der Waals surface area contributed by atoms with E-state index in [-0.39, 0.29) is 17.7 Å². The summed E-state index contributed by atoms with van der Waals surface area (Å²) in [5.74, 6) is 0.467. The fraction of sp³-hybridized carbons (Fsp3) is 0.480. The van der Waals surface area contributed by atoms with Crippen LogP contribution in [0.4, 0.5) is 11.5 Å². The zero-order valence-corrected chi connectivity index (χ0v) is 21.3. The number of benzene rings is 1. The molecule has 2 heterocycles. The monoisotopic (exact) mass is 483 g/mol. The quantitative estimate of drug-likeness (QED) is 0.615. The smallest absolute Gasteiger partial charge is 0.249 e. The third kappa shape index (κ3) is 5.93. The van der Waals surface area contributed by atoms with Gasteiger partial charge in [-0.15, -0.1) is 0 Å². The van der Waals surface area contributed by atoms with Crippen molar-refractivity contribution >= 4 is 27.2 Å². The molecule has 182 valence electrons. The predicted octanol–water partition coefficient (Wildman–Crippen LogP) is 2.51. The fourth-order valence-electron chi connectivity index (χ4n) is 4.50. The Balaban J connectivity index is 1.97. The number of likely N-dealkylation sites (N-methyl/N-ethyl adjacent to an activating group) is 1. The van der Waals surface area contributed by atoms with Gasteiger partial charge in [0.2, 0.25) is 5.91 Å². The highest BCUT2D eigenvalue weighted by Crippen LogP contribution is 2.31. The molecule has 34 heavy (non-hydrogen) atoms. The molecule has 3 rings (SSSR count). The van der Waals surface area contributed by atoms with Crippen molar-refractivity contribution in [3.05, 3.63) is 52.7 Å². The standard InChI is InChI=1S/C25H33N5O3S/c1-6-29(21-9-7-8-17(2)12-21)25(31)23-14-20(27-10-11-34(5,32)33)16-30(23)24-22(15-26)18(3)13-19(4)28-24/h7-9,12-13,20,23,27H,6,10-11,14,16H2,1-5H3/t20-,23-/m1/s1. The molecule has 0 radical (unpaired) electrons. The van der Waals surface area contributed by atoms with Gasteiger partial charge in [0.05, 0.1) is 11.3 Å². The summed E-state index contributed by atoms with van der Waals surface area (Å²) in [4.78, 5) is 22.2. The summed E-state index contributed by atoms with van der Waals surface area (Å²) in [7, 11) is -3.10. The molecule has 1 fully saturated rings. The Bertz CT molecular complexity index is 1210. The summed E-state index contributed by atoms with van der Waals surface area (Å²) < 4.78 is 23.2. The van der Waals surface area contributed by atoms with E-state index in [0.29, 0.717) is 37.4 Å². The molecule has 0 aliphatic carbocycles. The maximum Gasteiger partial charge on any atom is 0.249 e. The van der Waals surface area contributed by atoms with Gasteiger partial charge in [0.25, 0.3) is 0 Å². The molecule has 0 spiro atoms. The molecular weight excluding hydrogens is 450 g/mol. The first-order chi connectivity index (χ1) is 16.0. The van der Waals surface area contributed by atoms with Gasteiger partial charge in [-0.05, 0) is 63.4 Å². The van der Waals surface area contributed by atoms with Gasteiger partial charge in [0, 0.05) is 43.3 Å². The summed E-state index contributed by atoms with van der Waals surface area (Å²) in [6.45, 7) is 8.94. The minimum absolute atomic E-state index is 0.0255. The van der Waals surface area contributed by atoms with E-state index in [4.69, 9.17) is 0 Å². The van der Waals surface area contributed by atoms with E-state index in [1.165, 1.54) is 6.26 Å². The van der Waals surface area contributed by atoms with Crippen LogP contribution in [-0.4, -0.2) is 63.0 Å². The Kier molecular flexibility index (Phi) is 7.95. The number of aryl methyl sites for hydroxylation is 3. The molecule has 1 aliphatic rings. The molecule has 0 bridgehead atoms. The maximum absolute atomic E-state index is 13.9. The second-order valence-electron chi connectivity index (χ2n) is 9.00. The van der Waals surface area contributed by atoms with Crippen LogP contribution in [0.1, 0.15) is 35.7 Å². The number of anilines is 2. The van der Waals surface area contributed by atoms with E-state index in [9.17, 15) is 18.5 Å². The molecular formula is C25H33N5O3S. The molecule has 1 aliphatic heterocycles. The number of carbonyl (C=O) groups is 1. The van der Waals surface area contributed by atoms with Gasteiger partial charge in [-0.3, -0.25) is 4.79 Å². The second kappa shape index (κ2) is 10.5. The number of nitriles is 1. The SMILES string of the molecule is CCN(C(=O)[C@H]1C[C@@H](NCCS(C)(=O)=O)CN1c1nc(C)cc(C)c1C#N)c1cccc(C)c1. The lowest BCUT2D eigenvalue weighted by molar-refractivity contribution is -0.119. The zero-order valence-electron chi connectivity index (χ0n) is 20.5. The van der Waals surface area contributed by atoms with Crippen LogP contribution >= 0.6 is 0 Å². The number of carbonyl (C=O) groups excluding carboxylic acids is 1. The van der Waals surface area contributed by atoms with Crippen LogP contribution in [0.5, 0.6) is 0 Å². The third-order valence-corrected chi connectivity index (χ3v) is 7.04. The summed E-state index contributed by atoms with van der Waals surface area (Å²) in [5, 5.41) is 13.1. The zero-order chi connectivity index (χ0) is 25.0. The van der Waals surface area contributed by atoms with Gasteiger partial charge in [-0.1, -0.05) is 12.1 Å². The van der Waals surface area contributed by atoms with Crippen molar-refractivity contribution < 1.29 is 13.2 Å². The van der Waals surface area contributed by atoms with Crippen LogP contribution in [-0.2, 0) is 14.6 Å². The third-order valence-electron chi connectivity index (χ3n) is 6.10. The van der Waals surface area contributed by atoms with Gasteiger partial charge in [-0.2, -0.15) is 5.26 Å². The van der Waals surface area contributed by atoms with Crippen LogP contribution in [0, 0.1) is 32.1 Å². The second-order valence-corrected chi connectivity index (χ2v) is 11.3. The topological polar surface area (TPSA) is 106 Å². The molecule has 1 aromatic heterocycles. The van der Waals surface area contributed by atoms with E-state index >= 15 is 0 Å². The summed E-state index contributed by atoms with van der Waals surface area (Å²) >= 11 is 0. The first-order valence-electron chi connectivity index (χ1n) is 11.5. The van der Waals surface area contributed by atoms with Crippen molar-refractivity contribution in [2.75, 3.05) is 41.4 Å². The van der Waals surface area contributed by atoms with Crippen molar-refractivity contribution in [2.45, 2.75) is 46.2 Å². The van der Waals surface area contributed by atoms with Crippen molar-refractivity contribution in [3.63, 3.8) is 0 Å². The first kappa shape index (κ1) is 25.7. The number of rotatable bonds is 8. The molecule has 1 N–H and O–H groups in total. The molecule has 8 nitrogen and oxygen atoms in total. The van der Waals surface area contributed by atoms with Gasteiger partial charge < -0.3 is 15.1 Å². The van der Waals surface area contributed by atoms with Gasteiger partial charge in [0.15, 0.2) is 0 Å². The number of sulfone groups is 1. The predicted molar refractivity (Wildman–Crippen MR) is 135 cm³/mol. The lowest BCUT2D eigenvalue weighted by Gasteiger charge is -2.31. The van der Waals surface area contributed by atoms with E-state index in [0.717, 1.165) is 22.5 Å². The Labute approximate surface area is 202 Å². The Morgan fingerprint density at radius 1 is 1.29 bits per heavy atom. The van der Waals surface area contributed by atoms with Gasteiger partial charge >= 0.3 is 0 Å². The average Bonchev–Trinajstić information content (AvgIpc) is 3.17. The Morgan fingerprint density at radius 2 is 2.03 bits per heavy atom. The lowest BCUT2D eigenvalue weighted by atomic mass is 10.1. The van der Waals surface area contributed by atoms with Crippen LogP contribution in [0.2, 0.25) is 0 Å². The molecule has 1 aromatic carbocycles. The van der Waals surface area contributed by atoms with Crippen LogP contribution in [0.15, 0.2) is 30.3 Å². The number of amides is 1. The highest BCUT2D eigenvalue weighted by atomic mass is 32.2. The average molecular weight is 484 g/mol. The normalized spacial score (nSPS) is 18.1. The number of nitrogens with zero attached hydrogens (tertiary/aromatic N) is 4. The number of nitrogens with one attached hydrogen (secondary N) is 1. The van der Waals surface area contributed by atoms with Crippen molar-refractivity contribution in [1.29, 1.82) is 5.26 Å². The number of pyridine rings is 1. The Morgan fingerprint density at radius 3 is 2.65 bits per heavy atom. The highest BCUT2D eigenvalue weighted by molar-refractivity contribution is 7.90. The minimum Gasteiger partial charge on any atom is -0.342 e. The molecule has 2 aromatic rings. The van der Waals surface area contributed by atoms with Crippen molar-refractivity contribution in [2.24, 2.45) is 0 Å². The largest absolute Gasteiger partial charge is 0.342 e. The molecule has 1 amide bonds. The maximum atomic E-state index is 13.9. The minimum atomic E-state index is -3.10. The van der Waals surface area contributed by atoms with Crippen LogP contribution < -0.4 is 15.1 Å². The molecule has 2 atom stereocenters. The van der Waals surface area contributed by atoms with Gasteiger partial charge in [0.1, 0.15) is 27.8 Å². The lowest BCUT2D eigenvalue weighted by Crippen LogP contribution is -2.46. The molecule has 1 saturated heterocycles. The molecule has 0 unspecified atom stereocenters. The number of aromatic nitrogens is 1. The van der Waals surface area contributed by atoms with Crippen molar-refractivity contribution in [3.8, 4) is 6.07 Å². The number of hydrogen-bond acceptors (Lipinski definition) is 7. The van der Waals surface area contributed by atoms with E-state index in [1.807, 2.05) is 62.9 Å². The molecule has 0 saturated carbocycles. The Hall–Kier alpha value is -2.96. The van der Waals surface area contributed by atoms with Crippen LogP contribution in [0.3, 0.4) is 0 Å². The number of hydrogen-bond donors (Lipinski definition) is 1. The summed E-state index contributed by atoms with van der Waals surface area (Å²) in [6, 6.07) is 11.3. The van der Waals surface area contributed by atoms with E-state index in [2.05, 4.69) is 16.4 Å². The highest BCUT2D eigenvalue weighted by Gasteiger charge is 2.40. The van der Waals surface area contributed by atoms with Crippen molar-refractivity contribution in [1.82, 2.24) is 10.3 Å².